The number of anilines is 2. The largest absolute Gasteiger partial charge is 0.494 e. The van der Waals surface area contributed by atoms with Crippen LogP contribution in [0.2, 0.25) is 0 Å². The molecular weight excluding hydrogens is 452 g/mol. The summed E-state index contributed by atoms with van der Waals surface area (Å²) in [7, 11) is 0. The van der Waals surface area contributed by atoms with Gasteiger partial charge in [0.25, 0.3) is 11.1 Å². The maximum Gasteiger partial charge on any atom is 0.277 e. The molecule has 178 valence electrons. The maximum atomic E-state index is 12.8. The highest BCUT2D eigenvalue weighted by molar-refractivity contribution is 7.99. The zero-order valence-corrected chi connectivity index (χ0v) is 19.9. The van der Waals surface area contributed by atoms with Gasteiger partial charge in [0, 0.05) is 11.6 Å². The number of benzene rings is 2. The second kappa shape index (κ2) is 11.7. The average molecular weight is 481 g/mol. The number of carbonyl (C=O) groups excluding carboxylic acids is 2. The molecule has 1 aliphatic carbocycles. The van der Waals surface area contributed by atoms with Crippen molar-refractivity contribution in [1.82, 2.24) is 10.2 Å². The Balaban J connectivity index is 1.32. The van der Waals surface area contributed by atoms with Crippen LogP contribution in [0.25, 0.3) is 0 Å². The second-order valence-electron chi connectivity index (χ2n) is 8.04. The van der Waals surface area contributed by atoms with Crippen molar-refractivity contribution in [2.24, 2.45) is 0 Å². The summed E-state index contributed by atoms with van der Waals surface area (Å²) in [4.78, 5) is 25.4. The molecule has 0 spiro atoms. The average Bonchev–Trinajstić information content (AvgIpc) is 3.34. The van der Waals surface area contributed by atoms with E-state index < -0.39 is 0 Å². The van der Waals surface area contributed by atoms with Crippen molar-refractivity contribution >= 4 is 35.0 Å². The van der Waals surface area contributed by atoms with E-state index in [-0.39, 0.29) is 17.6 Å². The third kappa shape index (κ3) is 6.38. The first kappa shape index (κ1) is 23.8. The number of thioether (sulfide) groups is 1. The minimum atomic E-state index is -0.318. The molecule has 0 unspecified atom stereocenters. The first-order valence-electron chi connectivity index (χ1n) is 11.5. The van der Waals surface area contributed by atoms with Gasteiger partial charge in [-0.05, 0) is 56.2 Å². The van der Waals surface area contributed by atoms with Gasteiger partial charge in [-0.1, -0.05) is 43.2 Å². The van der Waals surface area contributed by atoms with Crippen LogP contribution in [0.5, 0.6) is 5.75 Å². The summed E-state index contributed by atoms with van der Waals surface area (Å²) >= 11 is 1.19. The van der Waals surface area contributed by atoms with E-state index in [4.69, 9.17) is 9.15 Å². The molecule has 34 heavy (non-hydrogen) atoms. The maximum absolute atomic E-state index is 12.8. The highest BCUT2D eigenvalue weighted by Crippen LogP contribution is 2.33. The highest BCUT2D eigenvalue weighted by atomic mass is 32.2. The molecule has 1 saturated carbocycles. The Kier molecular flexibility index (Phi) is 8.19. The van der Waals surface area contributed by atoms with Crippen LogP contribution in [0, 0.1) is 0 Å². The quantitative estimate of drug-likeness (QED) is 0.390. The van der Waals surface area contributed by atoms with Crippen LogP contribution in [-0.2, 0) is 4.79 Å². The molecule has 0 saturated heterocycles. The molecule has 1 aromatic heterocycles. The number of carbonyl (C=O) groups is 2. The van der Waals surface area contributed by atoms with Crippen LogP contribution in [0.4, 0.5) is 11.4 Å². The highest BCUT2D eigenvalue weighted by Gasteiger charge is 2.22. The third-order valence-corrected chi connectivity index (χ3v) is 6.39. The Morgan fingerprint density at radius 1 is 1.03 bits per heavy atom. The van der Waals surface area contributed by atoms with Gasteiger partial charge in [-0.25, -0.2) is 0 Å². The number of amides is 2. The standard InChI is InChI=1S/C25H28N4O4S/c1-2-32-19-14-12-18(13-15-19)26-23(31)20-10-6-7-11-21(20)27-22(30)16-34-25-29-28-24(33-25)17-8-4-3-5-9-17/h6-7,10-15,17H,2-5,8-9,16H2,1H3,(H,26,31)(H,27,30). The van der Waals surface area contributed by atoms with Crippen molar-refractivity contribution in [2.75, 3.05) is 23.0 Å². The predicted molar refractivity (Wildman–Crippen MR) is 131 cm³/mol. The zero-order valence-electron chi connectivity index (χ0n) is 19.1. The van der Waals surface area contributed by atoms with Gasteiger partial charge < -0.3 is 19.8 Å². The Hall–Kier alpha value is -3.33. The van der Waals surface area contributed by atoms with E-state index >= 15 is 0 Å². The molecule has 0 bridgehead atoms. The molecule has 2 aromatic carbocycles. The molecule has 2 amide bonds. The Bertz CT molecular complexity index is 1110. The summed E-state index contributed by atoms with van der Waals surface area (Å²) < 4.78 is 11.2. The van der Waals surface area contributed by atoms with Gasteiger partial charge >= 0.3 is 0 Å². The van der Waals surface area contributed by atoms with Crippen LogP contribution >= 0.6 is 11.8 Å². The number of rotatable bonds is 9. The number of nitrogens with zero attached hydrogens (tertiary/aromatic N) is 2. The Morgan fingerprint density at radius 2 is 1.79 bits per heavy atom. The Morgan fingerprint density at radius 3 is 2.56 bits per heavy atom. The summed E-state index contributed by atoms with van der Waals surface area (Å²) in [5.41, 5.74) is 1.44. The van der Waals surface area contributed by atoms with Gasteiger partial charge in [0.1, 0.15) is 5.75 Å². The summed E-state index contributed by atoms with van der Waals surface area (Å²) in [6, 6.07) is 14.0. The van der Waals surface area contributed by atoms with Gasteiger partial charge in [0.2, 0.25) is 11.8 Å². The number of nitrogens with one attached hydrogen (secondary N) is 2. The normalized spacial score (nSPS) is 13.9. The van der Waals surface area contributed by atoms with Crippen molar-refractivity contribution in [1.29, 1.82) is 0 Å². The van der Waals surface area contributed by atoms with Crippen molar-refractivity contribution in [2.45, 2.75) is 50.2 Å². The molecule has 1 fully saturated rings. The first-order valence-corrected chi connectivity index (χ1v) is 12.5. The second-order valence-corrected chi connectivity index (χ2v) is 8.96. The lowest BCUT2D eigenvalue weighted by Gasteiger charge is -2.17. The lowest BCUT2D eigenvalue weighted by Crippen LogP contribution is -2.19. The minimum absolute atomic E-state index is 0.0984. The SMILES string of the molecule is CCOc1ccc(NC(=O)c2ccccc2NC(=O)CSc2nnc(C3CCCCC3)o2)cc1. The molecule has 1 aliphatic rings. The van der Waals surface area contributed by atoms with E-state index in [9.17, 15) is 9.59 Å². The molecule has 2 N–H and O–H groups in total. The van der Waals surface area contributed by atoms with Gasteiger partial charge in [-0.3, -0.25) is 9.59 Å². The minimum Gasteiger partial charge on any atom is -0.494 e. The predicted octanol–water partition coefficient (Wildman–Crippen LogP) is 5.50. The third-order valence-electron chi connectivity index (χ3n) is 5.57. The van der Waals surface area contributed by atoms with E-state index in [1.54, 1.807) is 48.5 Å². The molecule has 1 heterocycles. The summed E-state index contributed by atoms with van der Waals surface area (Å²) in [5, 5.41) is 14.3. The van der Waals surface area contributed by atoms with Crippen molar-refractivity contribution in [3.8, 4) is 5.75 Å². The van der Waals surface area contributed by atoms with Gasteiger partial charge in [-0.15, -0.1) is 10.2 Å². The zero-order chi connectivity index (χ0) is 23.8. The number of aromatic nitrogens is 2. The van der Waals surface area contributed by atoms with E-state index in [1.807, 2.05) is 6.92 Å². The molecule has 4 rings (SSSR count). The van der Waals surface area contributed by atoms with Gasteiger partial charge in [0.05, 0.1) is 23.6 Å². The van der Waals surface area contributed by atoms with Gasteiger partial charge in [0.15, 0.2) is 0 Å². The molecule has 0 aliphatic heterocycles. The molecule has 9 heteroatoms. The first-order chi connectivity index (χ1) is 16.6. The van der Waals surface area contributed by atoms with Gasteiger partial charge in [-0.2, -0.15) is 0 Å². The lowest BCUT2D eigenvalue weighted by atomic mass is 9.89. The van der Waals surface area contributed by atoms with E-state index in [2.05, 4.69) is 20.8 Å². The number of hydrogen-bond donors (Lipinski definition) is 2. The van der Waals surface area contributed by atoms with E-state index in [0.717, 1.165) is 18.6 Å². The molecule has 3 aromatic rings. The van der Waals surface area contributed by atoms with Crippen LogP contribution in [-0.4, -0.2) is 34.4 Å². The Labute approximate surface area is 202 Å². The van der Waals surface area contributed by atoms with Crippen molar-refractivity contribution < 1.29 is 18.7 Å². The number of ether oxygens (including phenoxy) is 1. The van der Waals surface area contributed by atoms with E-state index in [0.29, 0.717) is 40.6 Å². The summed E-state index contributed by atoms with van der Waals surface area (Å²) in [6.07, 6.45) is 5.77. The van der Waals surface area contributed by atoms with Crippen molar-refractivity contribution in [3.63, 3.8) is 0 Å². The fourth-order valence-electron chi connectivity index (χ4n) is 3.90. The van der Waals surface area contributed by atoms with Crippen LogP contribution in [0.15, 0.2) is 58.2 Å². The van der Waals surface area contributed by atoms with Crippen LogP contribution in [0.1, 0.15) is 61.2 Å². The molecule has 0 radical (unpaired) electrons. The summed E-state index contributed by atoms with van der Waals surface area (Å²) in [6.45, 7) is 2.49. The van der Waals surface area contributed by atoms with E-state index in [1.165, 1.54) is 31.0 Å². The van der Waals surface area contributed by atoms with Crippen molar-refractivity contribution in [3.05, 3.63) is 60.0 Å². The smallest absolute Gasteiger partial charge is 0.277 e. The molecule has 0 atom stereocenters. The fraction of sp³-hybridized carbons (Fsp3) is 0.360. The lowest BCUT2D eigenvalue weighted by molar-refractivity contribution is -0.113. The fourth-order valence-corrected chi connectivity index (χ4v) is 4.47. The monoisotopic (exact) mass is 480 g/mol. The molecular formula is C25H28N4O4S. The number of hydrogen-bond acceptors (Lipinski definition) is 7. The van der Waals surface area contributed by atoms with Crippen LogP contribution in [0.3, 0.4) is 0 Å². The summed E-state index contributed by atoms with van der Waals surface area (Å²) in [5.74, 6) is 1.24. The van der Waals surface area contributed by atoms with Crippen LogP contribution < -0.4 is 15.4 Å². The molecule has 8 nitrogen and oxygen atoms in total. The topological polar surface area (TPSA) is 106 Å². The number of para-hydroxylation sites is 1.